The second kappa shape index (κ2) is 7.47. The Morgan fingerprint density at radius 2 is 1.67 bits per heavy atom. The molecule has 0 spiro atoms. The highest BCUT2D eigenvalue weighted by Crippen LogP contribution is 2.26. The second-order valence-corrected chi connectivity index (χ2v) is 6.95. The van der Waals surface area contributed by atoms with Crippen LogP contribution in [0.25, 0.3) is 22.1 Å². The van der Waals surface area contributed by atoms with Crippen LogP contribution in [0.4, 0.5) is 0 Å². The van der Waals surface area contributed by atoms with Crippen LogP contribution in [0.2, 0.25) is 10.0 Å². The Labute approximate surface area is 165 Å². The lowest BCUT2D eigenvalue weighted by molar-refractivity contribution is 0.306. The van der Waals surface area contributed by atoms with E-state index in [4.69, 9.17) is 32.4 Å². The highest BCUT2D eigenvalue weighted by atomic mass is 35.5. The summed E-state index contributed by atoms with van der Waals surface area (Å²) >= 11 is 11.9. The molecule has 134 valence electrons. The van der Waals surface area contributed by atoms with Crippen molar-refractivity contribution in [1.29, 1.82) is 0 Å². The summed E-state index contributed by atoms with van der Waals surface area (Å²) in [5, 5.41) is 2.09. The largest absolute Gasteiger partial charge is 0.489 e. The molecular formula is C22H14Cl2O3. The molecule has 0 saturated carbocycles. The van der Waals surface area contributed by atoms with Crippen LogP contribution >= 0.6 is 23.2 Å². The first-order valence-corrected chi connectivity index (χ1v) is 9.05. The first kappa shape index (κ1) is 17.7. The zero-order valence-electron chi connectivity index (χ0n) is 14.1. The summed E-state index contributed by atoms with van der Waals surface area (Å²) in [4.78, 5) is 12.4. The lowest BCUT2D eigenvalue weighted by atomic mass is 10.1. The molecule has 0 aliphatic rings. The molecule has 0 bridgehead atoms. The topological polar surface area (TPSA) is 39.4 Å². The molecule has 3 aromatic carbocycles. The number of rotatable bonds is 4. The van der Waals surface area contributed by atoms with E-state index in [0.717, 1.165) is 16.5 Å². The predicted octanol–water partition coefficient (Wildman–Crippen LogP) is 6.35. The summed E-state index contributed by atoms with van der Waals surface area (Å²) in [5.74, 6) is 0.616. The van der Waals surface area contributed by atoms with Gasteiger partial charge in [-0.05, 0) is 53.6 Å². The molecule has 0 saturated heterocycles. The van der Waals surface area contributed by atoms with Gasteiger partial charge in [0.2, 0.25) is 0 Å². The van der Waals surface area contributed by atoms with E-state index >= 15 is 0 Å². The van der Waals surface area contributed by atoms with Crippen molar-refractivity contribution in [2.24, 2.45) is 0 Å². The molecule has 4 rings (SSSR count). The highest BCUT2D eigenvalue weighted by molar-refractivity contribution is 6.30. The van der Waals surface area contributed by atoms with Crippen LogP contribution in [0.15, 0.2) is 82.0 Å². The fraction of sp³-hybridized carbons (Fsp3) is 0.0455. The fourth-order valence-electron chi connectivity index (χ4n) is 2.81. The molecule has 0 N–H and O–H groups in total. The molecule has 0 unspecified atom stereocenters. The van der Waals surface area contributed by atoms with Crippen LogP contribution in [0.5, 0.6) is 5.75 Å². The van der Waals surface area contributed by atoms with E-state index in [1.54, 1.807) is 30.3 Å². The van der Waals surface area contributed by atoms with Crippen molar-refractivity contribution in [1.82, 2.24) is 0 Å². The third-order valence-corrected chi connectivity index (χ3v) is 4.64. The van der Waals surface area contributed by atoms with E-state index in [1.807, 2.05) is 42.5 Å². The predicted molar refractivity (Wildman–Crippen MR) is 109 cm³/mol. The van der Waals surface area contributed by atoms with E-state index in [-0.39, 0.29) is 0 Å². The van der Waals surface area contributed by atoms with Crippen molar-refractivity contribution in [2.45, 2.75) is 6.61 Å². The van der Waals surface area contributed by atoms with Crippen molar-refractivity contribution >= 4 is 34.2 Å². The van der Waals surface area contributed by atoms with Gasteiger partial charge in [0.05, 0.1) is 5.56 Å². The molecule has 0 fully saturated rings. The van der Waals surface area contributed by atoms with Gasteiger partial charge in [-0.25, -0.2) is 4.79 Å². The smallest absolute Gasteiger partial charge is 0.344 e. The highest BCUT2D eigenvalue weighted by Gasteiger charge is 2.09. The number of hydrogen-bond donors (Lipinski definition) is 0. The Bertz CT molecular complexity index is 1160. The summed E-state index contributed by atoms with van der Waals surface area (Å²) in [5.41, 5.74) is 2.28. The molecule has 1 aromatic heterocycles. The molecule has 1 heterocycles. The number of fused-ring (bicyclic) bond motifs is 1. The average Bonchev–Trinajstić information content (AvgIpc) is 2.66. The van der Waals surface area contributed by atoms with E-state index in [1.165, 1.54) is 0 Å². The zero-order chi connectivity index (χ0) is 18.8. The summed E-state index contributed by atoms with van der Waals surface area (Å²) < 4.78 is 11.3. The lowest BCUT2D eigenvalue weighted by Gasteiger charge is -2.08. The van der Waals surface area contributed by atoms with Crippen LogP contribution in [0.3, 0.4) is 0 Å². The average molecular weight is 397 g/mol. The molecule has 3 nitrogen and oxygen atoms in total. The molecule has 0 radical (unpaired) electrons. The Morgan fingerprint density at radius 3 is 2.44 bits per heavy atom. The molecule has 5 heteroatoms. The van der Waals surface area contributed by atoms with Crippen molar-refractivity contribution in [3.05, 3.63) is 98.8 Å². The molecule has 27 heavy (non-hydrogen) atoms. The molecule has 0 amide bonds. The monoisotopic (exact) mass is 396 g/mol. The van der Waals surface area contributed by atoms with Gasteiger partial charge in [-0.15, -0.1) is 0 Å². The van der Waals surface area contributed by atoms with Crippen molar-refractivity contribution < 1.29 is 9.15 Å². The van der Waals surface area contributed by atoms with Crippen molar-refractivity contribution in [2.75, 3.05) is 0 Å². The maximum Gasteiger partial charge on any atom is 0.344 e. The molecular weight excluding hydrogens is 383 g/mol. The van der Waals surface area contributed by atoms with Gasteiger partial charge in [0.1, 0.15) is 17.9 Å². The van der Waals surface area contributed by atoms with E-state index in [0.29, 0.717) is 33.5 Å². The van der Waals surface area contributed by atoms with Gasteiger partial charge in [0, 0.05) is 21.5 Å². The van der Waals surface area contributed by atoms with Gasteiger partial charge < -0.3 is 9.15 Å². The van der Waals surface area contributed by atoms with Crippen molar-refractivity contribution in [3.8, 4) is 16.9 Å². The maximum absolute atomic E-state index is 12.4. The molecule has 0 atom stereocenters. The number of benzene rings is 3. The normalized spacial score (nSPS) is 10.9. The summed E-state index contributed by atoms with van der Waals surface area (Å²) in [6.07, 6.45) is 0. The van der Waals surface area contributed by atoms with Crippen LogP contribution in [-0.2, 0) is 6.61 Å². The summed E-state index contributed by atoms with van der Waals surface area (Å²) in [6.45, 7) is 0.374. The third-order valence-electron chi connectivity index (χ3n) is 4.16. The van der Waals surface area contributed by atoms with Crippen LogP contribution < -0.4 is 10.4 Å². The van der Waals surface area contributed by atoms with E-state index in [9.17, 15) is 4.79 Å². The quantitative estimate of drug-likeness (QED) is 0.377. The zero-order valence-corrected chi connectivity index (χ0v) is 15.6. The number of hydrogen-bond acceptors (Lipinski definition) is 3. The van der Waals surface area contributed by atoms with Crippen LogP contribution in [0.1, 0.15) is 5.56 Å². The Kier molecular flexibility index (Phi) is 4.88. The van der Waals surface area contributed by atoms with Gasteiger partial charge in [-0.1, -0.05) is 47.5 Å². The van der Waals surface area contributed by atoms with Gasteiger partial charge in [-0.2, -0.15) is 0 Å². The van der Waals surface area contributed by atoms with Crippen molar-refractivity contribution in [3.63, 3.8) is 0 Å². The SMILES string of the molecule is O=c1oc2cc(OCc3cccc(Cl)c3)ccc2cc1-c1ccc(Cl)cc1. The number of ether oxygens (including phenoxy) is 1. The fourth-order valence-corrected chi connectivity index (χ4v) is 3.14. The second-order valence-electron chi connectivity index (χ2n) is 6.07. The number of halogens is 2. The Morgan fingerprint density at radius 1 is 0.852 bits per heavy atom. The standard InChI is InChI=1S/C22H14Cl2O3/c23-17-7-4-15(5-8-17)20-11-16-6-9-19(12-21(16)27-22(20)25)26-13-14-2-1-3-18(24)10-14/h1-12H,13H2. The minimum atomic E-state index is -0.406. The van der Waals surface area contributed by atoms with Crippen LogP contribution in [-0.4, -0.2) is 0 Å². The van der Waals surface area contributed by atoms with Gasteiger partial charge in [-0.3, -0.25) is 0 Å². The first-order valence-electron chi connectivity index (χ1n) is 8.29. The first-order chi connectivity index (χ1) is 13.1. The van der Waals surface area contributed by atoms with E-state index < -0.39 is 5.63 Å². The maximum atomic E-state index is 12.4. The molecule has 0 aliphatic carbocycles. The van der Waals surface area contributed by atoms with Crippen LogP contribution in [0, 0.1) is 0 Å². The molecule has 4 aromatic rings. The van der Waals surface area contributed by atoms with Gasteiger partial charge >= 0.3 is 5.63 Å². The van der Waals surface area contributed by atoms with E-state index in [2.05, 4.69) is 0 Å². The minimum absolute atomic E-state index is 0.374. The summed E-state index contributed by atoms with van der Waals surface area (Å²) in [7, 11) is 0. The van der Waals surface area contributed by atoms with Gasteiger partial charge in [0.15, 0.2) is 0 Å². The minimum Gasteiger partial charge on any atom is -0.489 e. The molecule has 0 aliphatic heterocycles. The Hall–Kier alpha value is -2.75. The summed E-state index contributed by atoms with van der Waals surface area (Å²) in [6, 6.07) is 21.8. The lowest BCUT2D eigenvalue weighted by Crippen LogP contribution is -2.03. The Balaban J connectivity index is 1.62. The third kappa shape index (κ3) is 4.00. The van der Waals surface area contributed by atoms with Gasteiger partial charge in [0.25, 0.3) is 0 Å².